The molecule has 33 heavy (non-hydrogen) atoms. The summed E-state index contributed by atoms with van der Waals surface area (Å²) < 4.78 is 5.16. The van der Waals surface area contributed by atoms with E-state index in [0.717, 1.165) is 16.7 Å². The lowest BCUT2D eigenvalue weighted by Crippen LogP contribution is -2.36. The van der Waals surface area contributed by atoms with E-state index in [-0.39, 0.29) is 21.3 Å². The molecule has 0 aromatic heterocycles. The molecule has 0 atom stereocenters. The van der Waals surface area contributed by atoms with E-state index in [1.165, 1.54) is 12.0 Å². The second-order valence-electron chi connectivity index (χ2n) is 7.04. The monoisotopic (exact) mass is 483 g/mol. The first kappa shape index (κ1) is 22.5. The largest absolute Gasteiger partial charge is 0.497 e. The molecule has 1 saturated heterocycles. The van der Waals surface area contributed by atoms with Crippen molar-refractivity contribution < 1.29 is 29.0 Å². The van der Waals surface area contributed by atoms with Crippen molar-refractivity contribution in [3.63, 3.8) is 0 Å². The number of nitrogens with zero attached hydrogens (tertiary/aromatic N) is 2. The molecule has 0 radical (unpaired) electrons. The Bertz CT molecular complexity index is 1220. The van der Waals surface area contributed by atoms with Crippen molar-refractivity contribution in [2.75, 3.05) is 30.4 Å². The molecule has 2 aliphatic rings. The topological polar surface area (TPSA) is 116 Å². The molecule has 2 heterocycles. The number of rotatable bonds is 6. The Morgan fingerprint density at radius 1 is 1.03 bits per heavy atom. The number of nitrogens with one attached hydrogen (secondary N) is 1. The lowest BCUT2D eigenvalue weighted by atomic mass is 10.1. The minimum atomic E-state index is -1.22. The minimum Gasteiger partial charge on any atom is -0.497 e. The van der Waals surface area contributed by atoms with Crippen LogP contribution in [0.1, 0.15) is 5.56 Å². The number of hydrogen-bond donors (Lipinski definition) is 2. The van der Waals surface area contributed by atoms with Gasteiger partial charge >= 0.3 is 5.97 Å². The van der Waals surface area contributed by atoms with Crippen LogP contribution in [0.3, 0.4) is 0 Å². The van der Waals surface area contributed by atoms with E-state index >= 15 is 0 Å². The molecule has 1 fully saturated rings. The Morgan fingerprint density at radius 2 is 1.73 bits per heavy atom. The molecule has 0 unspecified atom stereocenters. The average molecular weight is 484 g/mol. The van der Waals surface area contributed by atoms with Gasteiger partial charge in [-0.1, -0.05) is 42.2 Å². The third-order valence-electron chi connectivity index (χ3n) is 4.97. The van der Waals surface area contributed by atoms with Gasteiger partial charge in [0.2, 0.25) is 5.91 Å². The maximum atomic E-state index is 13.3. The third-order valence-corrected chi connectivity index (χ3v) is 6.42. The van der Waals surface area contributed by atoms with E-state index in [1.54, 1.807) is 48.5 Å². The standard InChI is InChI=1S/C22H17N3O6S2/c1-31-13-8-6-12(7-9-13)23-16(26)10-24-15-5-3-2-4-14(15)18(20(24)29)19-21(30)25(11-17(27)28)22(32)33-19/h2-9H,10-11H2,1H3,(H,23,26)(H,27,28)/b19-18+. The van der Waals surface area contributed by atoms with Gasteiger partial charge in [0.15, 0.2) is 0 Å². The van der Waals surface area contributed by atoms with Gasteiger partial charge in [-0.25, -0.2) is 0 Å². The Hall–Kier alpha value is -3.70. The Kier molecular flexibility index (Phi) is 6.16. The number of carboxylic acids is 1. The highest BCUT2D eigenvalue weighted by Crippen LogP contribution is 2.44. The summed E-state index contributed by atoms with van der Waals surface area (Å²) in [7, 11) is 1.54. The number of carboxylic acid groups (broad SMARTS) is 1. The van der Waals surface area contributed by atoms with Crippen LogP contribution in [0.15, 0.2) is 53.4 Å². The molecule has 0 spiro atoms. The summed E-state index contributed by atoms with van der Waals surface area (Å²) in [6, 6.07) is 13.5. The van der Waals surface area contributed by atoms with Gasteiger partial charge in [-0.2, -0.15) is 0 Å². The minimum absolute atomic E-state index is 0.0526. The molecular weight excluding hydrogens is 466 g/mol. The maximum absolute atomic E-state index is 13.3. The van der Waals surface area contributed by atoms with Crippen LogP contribution in [0.4, 0.5) is 11.4 Å². The molecule has 0 saturated carbocycles. The summed E-state index contributed by atoms with van der Waals surface area (Å²) in [5, 5.41) is 11.8. The first-order valence-electron chi connectivity index (χ1n) is 9.65. The van der Waals surface area contributed by atoms with E-state index in [0.29, 0.717) is 22.7 Å². The van der Waals surface area contributed by atoms with Crippen molar-refractivity contribution in [3.05, 3.63) is 59.0 Å². The third kappa shape index (κ3) is 4.32. The molecule has 168 valence electrons. The quantitative estimate of drug-likeness (QED) is 0.475. The maximum Gasteiger partial charge on any atom is 0.323 e. The molecule has 2 N–H and O–H groups in total. The fourth-order valence-electron chi connectivity index (χ4n) is 3.50. The average Bonchev–Trinajstić information content (AvgIpc) is 3.21. The molecule has 0 aliphatic carbocycles. The first-order valence-corrected chi connectivity index (χ1v) is 10.9. The number of anilines is 2. The highest BCUT2D eigenvalue weighted by Gasteiger charge is 2.42. The summed E-state index contributed by atoms with van der Waals surface area (Å²) in [4.78, 5) is 52.2. The van der Waals surface area contributed by atoms with Crippen LogP contribution in [0.2, 0.25) is 0 Å². The number of carbonyl (C=O) groups is 4. The summed E-state index contributed by atoms with van der Waals surface area (Å²) in [5.41, 5.74) is 1.60. The Balaban J connectivity index is 1.61. The molecule has 9 nitrogen and oxygen atoms in total. The zero-order chi connectivity index (χ0) is 23.7. The highest BCUT2D eigenvalue weighted by atomic mass is 32.2. The van der Waals surface area contributed by atoms with Crippen molar-refractivity contribution in [2.45, 2.75) is 0 Å². The SMILES string of the molecule is COc1ccc(NC(=O)CN2C(=O)/C(=C3/SC(=S)N(CC(=O)O)C3=O)c3ccccc32)cc1. The number of fused-ring (bicyclic) bond motifs is 1. The van der Waals surface area contributed by atoms with Gasteiger partial charge in [0, 0.05) is 11.3 Å². The molecule has 3 amide bonds. The molecule has 0 bridgehead atoms. The van der Waals surface area contributed by atoms with Crippen molar-refractivity contribution in [3.8, 4) is 5.75 Å². The lowest BCUT2D eigenvalue weighted by molar-refractivity contribution is -0.140. The number of thioether (sulfide) groups is 1. The number of thiocarbonyl (C=S) groups is 1. The van der Waals surface area contributed by atoms with Crippen LogP contribution in [0.25, 0.3) is 5.57 Å². The summed E-state index contributed by atoms with van der Waals surface area (Å²) in [6.45, 7) is -0.869. The van der Waals surface area contributed by atoms with E-state index in [4.69, 9.17) is 22.1 Å². The van der Waals surface area contributed by atoms with Gasteiger partial charge < -0.3 is 15.2 Å². The zero-order valence-corrected chi connectivity index (χ0v) is 18.9. The number of benzene rings is 2. The van der Waals surface area contributed by atoms with Crippen LogP contribution in [0.5, 0.6) is 5.75 Å². The molecule has 2 aromatic carbocycles. The number of carbonyl (C=O) groups excluding carboxylic acids is 3. The van der Waals surface area contributed by atoms with E-state index in [9.17, 15) is 19.2 Å². The van der Waals surface area contributed by atoms with Gasteiger partial charge in [-0.05, 0) is 30.3 Å². The summed E-state index contributed by atoms with van der Waals surface area (Å²) in [5.74, 6) is -2.18. The lowest BCUT2D eigenvalue weighted by Gasteiger charge is -2.17. The first-order chi connectivity index (χ1) is 15.8. The van der Waals surface area contributed by atoms with Crippen LogP contribution in [0, 0.1) is 0 Å². The number of para-hydroxylation sites is 1. The predicted octanol–water partition coefficient (Wildman–Crippen LogP) is 2.34. The smallest absolute Gasteiger partial charge is 0.323 e. The van der Waals surface area contributed by atoms with Crippen LogP contribution in [-0.4, -0.2) is 58.2 Å². The van der Waals surface area contributed by atoms with Gasteiger partial charge in [0.25, 0.3) is 11.8 Å². The van der Waals surface area contributed by atoms with E-state index < -0.39 is 30.2 Å². The van der Waals surface area contributed by atoms with Crippen LogP contribution >= 0.6 is 24.0 Å². The number of amides is 3. The van der Waals surface area contributed by atoms with Crippen molar-refractivity contribution in [1.82, 2.24) is 4.90 Å². The van der Waals surface area contributed by atoms with Gasteiger partial charge in [0.1, 0.15) is 23.2 Å². The van der Waals surface area contributed by atoms with Gasteiger partial charge in [-0.15, -0.1) is 0 Å². The number of hydrogen-bond acceptors (Lipinski definition) is 7. The molecule has 2 aliphatic heterocycles. The molecular formula is C22H17N3O6S2. The van der Waals surface area contributed by atoms with Crippen molar-refractivity contribution in [2.24, 2.45) is 0 Å². The number of aliphatic carboxylic acids is 1. The predicted molar refractivity (Wildman–Crippen MR) is 127 cm³/mol. The van der Waals surface area contributed by atoms with Gasteiger partial charge in [-0.3, -0.25) is 29.0 Å². The fourth-order valence-corrected chi connectivity index (χ4v) is 4.82. The Labute approximate surface area is 198 Å². The fraction of sp³-hybridized carbons (Fsp3) is 0.136. The summed E-state index contributed by atoms with van der Waals surface area (Å²) in [6.07, 6.45) is 0. The molecule has 11 heteroatoms. The van der Waals surface area contributed by atoms with Crippen molar-refractivity contribution in [1.29, 1.82) is 0 Å². The zero-order valence-electron chi connectivity index (χ0n) is 17.2. The second-order valence-corrected chi connectivity index (χ2v) is 8.69. The number of methoxy groups -OCH3 is 1. The van der Waals surface area contributed by atoms with Crippen LogP contribution in [-0.2, 0) is 19.2 Å². The van der Waals surface area contributed by atoms with Crippen molar-refractivity contribution >= 4 is 68.9 Å². The highest BCUT2D eigenvalue weighted by molar-refractivity contribution is 8.26. The van der Waals surface area contributed by atoms with E-state index in [2.05, 4.69) is 5.32 Å². The Morgan fingerprint density at radius 3 is 2.39 bits per heavy atom. The van der Waals surface area contributed by atoms with Gasteiger partial charge in [0.05, 0.1) is 23.3 Å². The van der Waals surface area contributed by atoms with Crippen LogP contribution < -0.4 is 15.0 Å². The number of ether oxygens (including phenoxy) is 1. The second kappa shape index (κ2) is 9.04. The normalized spacial score (nSPS) is 17.4. The van der Waals surface area contributed by atoms with E-state index in [1.807, 2.05) is 0 Å². The molecule has 4 rings (SSSR count). The summed E-state index contributed by atoms with van der Waals surface area (Å²) >= 11 is 6.03. The molecule has 2 aromatic rings.